The lowest BCUT2D eigenvalue weighted by Crippen LogP contribution is -2.17. The second-order valence-electron chi connectivity index (χ2n) is 4.69. The smallest absolute Gasteiger partial charge is 0.112 e. The minimum atomic E-state index is -0.307. The maximum absolute atomic E-state index is 10.1. The molecule has 1 N–H and O–H groups in total. The van der Waals surface area contributed by atoms with E-state index >= 15 is 0 Å². The Morgan fingerprint density at radius 3 is 2.84 bits per heavy atom. The van der Waals surface area contributed by atoms with E-state index in [1.807, 2.05) is 30.0 Å². The van der Waals surface area contributed by atoms with E-state index in [4.69, 9.17) is 0 Å². The number of aliphatic hydroxyl groups excluding tert-OH is 1. The third-order valence-electron chi connectivity index (χ3n) is 3.13. The highest BCUT2D eigenvalue weighted by molar-refractivity contribution is 7.99. The molecule has 2 aromatic rings. The summed E-state index contributed by atoms with van der Waals surface area (Å²) in [6.45, 7) is 5.18. The minimum Gasteiger partial charge on any atom is -0.392 e. The Morgan fingerprint density at radius 2 is 2.11 bits per heavy atom. The molecular weight excluding hydrogens is 256 g/mol. The Labute approximate surface area is 119 Å². The summed E-state index contributed by atoms with van der Waals surface area (Å²) in [4.78, 5) is 4.65. The third kappa shape index (κ3) is 3.51. The molecule has 0 aliphatic heterocycles. The van der Waals surface area contributed by atoms with Gasteiger partial charge in [-0.3, -0.25) is 0 Å². The van der Waals surface area contributed by atoms with E-state index in [0.29, 0.717) is 6.42 Å². The van der Waals surface area contributed by atoms with Gasteiger partial charge in [-0.05, 0) is 31.2 Å². The molecule has 0 aliphatic rings. The summed E-state index contributed by atoms with van der Waals surface area (Å²) in [6, 6.07) is 8.16. The molecule has 3 nitrogen and oxygen atoms in total. The molecule has 4 heteroatoms. The number of benzene rings is 1. The first-order chi connectivity index (χ1) is 9.26. The summed E-state index contributed by atoms with van der Waals surface area (Å²) in [5, 5.41) is 10.1. The molecule has 1 heterocycles. The van der Waals surface area contributed by atoms with Crippen LogP contribution in [0.15, 0.2) is 24.3 Å². The number of imidazole rings is 1. The molecular formula is C15H22N2OS. The van der Waals surface area contributed by atoms with Crippen LogP contribution in [0.4, 0.5) is 0 Å². The van der Waals surface area contributed by atoms with Crippen LogP contribution in [-0.4, -0.2) is 32.3 Å². The molecule has 0 aliphatic carbocycles. The Kier molecular flexibility index (Phi) is 5.28. The monoisotopic (exact) mass is 278 g/mol. The molecule has 0 bridgehead atoms. The van der Waals surface area contributed by atoms with Gasteiger partial charge in [0.05, 0.1) is 17.1 Å². The van der Waals surface area contributed by atoms with Crippen LogP contribution in [0.25, 0.3) is 11.0 Å². The summed E-state index contributed by atoms with van der Waals surface area (Å²) in [6.07, 6.45) is 1.49. The van der Waals surface area contributed by atoms with Crippen molar-refractivity contribution in [3.05, 3.63) is 30.1 Å². The number of hydrogen-bond acceptors (Lipinski definition) is 3. The van der Waals surface area contributed by atoms with Crippen LogP contribution in [0.5, 0.6) is 0 Å². The van der Waals surface area contributed by atoms with E-state index in [9.17, 15) is 5.11 Å². The predicted octanol–water partition coefficient (Wildman–Crippen LogP) is 3.10. The lowest BCUT2D eigenvalue weighted by molar-refractivity contribution is 0.196. The first-order valence-electron chi connectivity index (χ1n) is 6.96. The lowest BCUT2D eigenvalue weighted by atomic mass is 10.2. The highest BCUT2D eigenvalue weighted by Gasteiger charge is 2.13. The second kappa shape index (κ2) is 6.96. The standard InChI is InChI=1S/C15H22N2OS/c1-3-9-19-11-12(18)10-15-16-13-7-5-6-8-14(13)17(15)4-2/h5-8,12,18H,3-4,9-11H2,1-2H3. The zero-order valence-corrected chi connectivity index (χ0v) is 12.5. The molecule has 1 atom stereocenters. The van der Waals surface area contributed by atoms with Gasteiger partial charge in [0.2, 0.25) is 0 Å². The van der Waals surface area contributed by atoms with Crippen molar-refractivity contribution in [1.82, 2.24) is 9.55 Å². The third-order valence-corrected chi connectivity index (χ3v) is 4.44. The quantitative estimate of drug-likeness (QED) is 0.791. The van der Waals surface area contributed by atoms with Gasteiger partial charge in [-0.1, -0.05) is 19.1 Å². The summed E-state index contributed by atoms with van der Waals surface area (Å²) < 4.78 is 2.20. The Balaban J connectivity index is 2.11. The predicted molar refractivity (Wildman–Crippen MR) is 82.7 cm³/mol. The van der Waals surface area contributed by atoms with E-state index in [1.54, 1.807) is 0 Å². The average molecular weight is 278 g/mol. The molecule has 1 aromatic carbocycles. The number of thioether (sulfide) groups is 1. The minimum absolute atomic E-state index is 0.307. The molecule has 0 radical (unpaired) electrons. The van der Waals surface area contributed by atoms with Gasteiger partial charge in [-0.25, -0.2) is 4.98 Å². The van der Waals surface area contributed by atoms with Gasteiger partial charge < -0.3 is 9.67 Å². The summed E-state index contributed by atoms with van der Waals surface area (Å²) in [5.74, 6) is 2.90. The van der Waals surface area contributed by atoms with E-state index < -0.39 is 0 Å². The first-order valence-corrected chi connectivity index (χ1v) is 8.11. The van der Waals surface area contributed by atoms with E-state index in [-0.39, 0.29) is 6.10 Å². The van der Waals surface area contributed by atoms with Gasteiger partial charge in [0, 0.05) is 18.7 Å². The van der Waals surface area contributed by atoms with Crippen LogP contribution in [0, 0.1) is 0 Å². The van der Waals surface area contributed by atoms with Crippen LogP contribution in [0.3, 0.4) is 0 Å². The van der Waals surface area contributed by atoms with E-state index in [0.717, 1.165) is 41.3 Å². The van der Waals surface area contributed by atoms with Crippen LogP contribution in [-0.2, 0) is 13.0 Å². The van der Waals surface area contributed by atoms with Crippen molar-refractivity contribution in [2.24, 2.45) is 0 Å². The summed E-state index contributed by atoms with van der Waals surface area (Å²) >= 11 is 1.81. The van der Waals surface area contributed by atoms with Crippen molar-refractivity contribution in [3.8, 4) is 0 Å². The molecule has 104 valence electrons. The maximum atomic E-state index is 10.1. The number of para-hydroxylation sites is 2. The van der Waals surface area contributed by atoms with Crippen molar-refractivity contribution < 1.29 is 5.11 Å². The number of hydrogen-bond donors (Lipinski definition) is 1. The number of aryl methyl sites for hydroxylation is 1. The van der Waals surface area contributed by atoms with Crippen LogP contribution in [0.2, 0.25) is 0 Å². The Morgan fingerprint density at radius 1 is 1.32 bits per heavy atom. The van der Waals surface area contributed by atoms with Crippen LogP contribution >= 0.6 is 11.8 Å². The van der Waals surface area contributed by atoms with Gasteiger partial charge in [-0.15, -0.1) is 0 Å². The maximum Gasteiger partial charge on any atom is 0.112 e. The number of aliphatic hydroxyl groups is 1. The van der Waals surface area contributed by atoms with Crippen molar-refractivity contribution >= 4 is 22.8 Å². The van der Waals surface area contributed by atoms with Crippen molar-refractivity contribution in [2.45, 2.75) is 39.3 Å². The summed E-state index contributed by atoms with van der Waals surface area (Å²) in [5.41, 5.74) is 2.18. The fraction of sp³-hybridized carbons (Fsp3) is 0.533. The highest BCUT2D eigenvalue weighted by Crippen LogP contribution is 2.18. The fourth-order valence-electron chi connectivity index (χ4n) is 2.27. The zero-order chi connectivity index (χ0) is 13.7. The lowest BCUT2D eigenvalue weighted by Gasteiger charge is -2.11. The van der Waals surface area contributed by atoms with Gasteiger partial charge in [-0.2, -0.15) is 11.8 Å². The number of nitrogens with zero attached hydrogens (tertiary/aromatic N) is 2. The van der Waals surface area contributed by atoms with Crippen molar-refractivity contribution in [2.75, 3.05) is 11.5 Å². The molecule has 1 unspecified atom stereocenters. The molecule has 19 heavy (non-hydrogen) atoms. The van der Waals surface area contributed by atoms with E-state index in [2.05, 4.69) is 29.5 Å². The average Bonchev–Trinajstić information content (AvgIpc) is 2.76. The molecule has 1 aromatic heterocycles. The second-order valence-corrected chi connectivity index (χ2v) is 5.84. The van der Waals surface area contributed by atoms with Gasteiger partial charge in [0.25, 0.3) is 0 Å². The van der Waals surface area contributed by atoms with Gasteiger partial charge >= 0.3 is 0 Å². The normalized spacial score (nSPS) is 13.0. The molecule has 2 rings (SSSR count). The Hall–Kier alpha value is -1.00. The SMILES string of the molecule is CCCSCC(O)Cc1nc2ccccc2n1CC. The van der Waals surface area contributed by atoms with E-state index in [1.165, 1.54) is 0 Å². The number of fused-ring (bicyclic) bond motifs is 1. The number of rotatable bonds is 7. The largest absolute Gasteiger partial charge is 0.392 e. The molecule has 0 amide bonds. The van der Waals surface area contributed by atoms with Gasteiger partial charge in [0.1, 0.15) is 5.82 Å². The van der Waals surface area contributed by atoms with Crippen LogP contribution in [0.1, 0.15) is 26.1 Å². The van der Waals surface area contributed by atoms with Gasteiger partial charge in [0.15, 0.2) is 0 Å². The Bertz CT molecular complexity index is 524. The first kappa shape index (κ1) is 14.4. The fourth-order valence-corrected chi connectivity index (χ4v) is 3.11. The molecule has 0 fully saturated rings. The topological polar surface area (TPSA) is 38.1 Å². The van der Waals surface area contributed by atoms with Crippen molar-refractivity contribution in [1.29, 1.82) is 0 Å². The number of aromatic nitrogens is 2. The molecule has 0 spiro atoms. The zero-order valence-electron chi connectivity index (χ0n) is 11.7. The highest BCUT2D eigenvalue weighted by atomic mass is 32.2. The summed E-state index contributed by atoms with van der Waals surface area (Å²) in [7, 11) is 0. The van der Waals surface area contributed by atoms with Crippen molar-refractivity contribution in [3.63, 3.8) is 0 Å². The molecule has 0 saturated carbocycles. The molecule has 0 saturated heterocycles. The van der Waals surface area contributed by atoms with Crippen LogP contribution < -0.4 is 0 Å².